The van der Waals surface area contributed by atoms with E-state index < -0.39 is 5.97 Å². The number of fused-ring (bicyclic) bond motifs is 1. The molecule has 1 aromatic heterocycles. The number of carboxylic acid groups (broad SMARTS) is 1. The van der Waals surface area contributed by atoms with Crippen LogP contribution in [0.2, 0.25) is 0 Å². The van der Waals surface area contributed by atoms with Gasteiger partial charge in [-0.15, -0.1) is 0 Å². The number of carbonyl (C=O) groups is 1. The van der Waals surface area contributed by atoms with Gasteiger partial charge in [-0.3, -0.25) is 4.79 Å². The van der Waals surface area contributed by atoms with E-state index in [4.69, 9.17) is 5.11 Å². The summed E-state index contributed by atoms with van der Waals surface area (Å²) in [5, 5.41) is 9.96. The Bertz CT molecular complexity index is 545. The summed E-state index contributed by atoms with van der Waals surface area (Å²) in [7, 11) is 0. The number of aromatic nitrogens is 1. The molecule has 0 unspecified atom stereocenters. The van der Waals surface area contributed by atoms with Gasteiger partial charge in [-0.25, -0.2) is 0 Å². The summed E-state index contributed by atoms with van der Waals surface area (Å²) in [5.41, 5.74) is 2.15. The van der Waals surface area contributed by atoms with Crippen LogP contribution in [0.1, 0.15) is 12.5 Å². The van der Waals surface area contributed by atoms with Crippen molar-refractivity contribution in [1.29, 1.82) is 0 Å². The van der Waals surface area contributed by atoms with Crippen molar-refractivity contribution in [2.45, 2.75) is 19.9 Å². The second-order valence-corrected chi connectivity index (χ2v) is 4.61. The Hall–Kier alpha value is -1.29. The zero-order chi connectivity index (χ0) is 11.7. The minimum atomic E-state index is -0.817. The number of aliphatic carboxylic acids is 1. The van der Waals surface area contributed by atoms with Gasteiger partial charge in [-0.2, -0.15) is 0 Å². The lowest BCUT2D eigenvalue weighted by atomic mass is 10.1. The minimum Gasteiger partial charge on any atom is -0.480 e. The van der Waals surface area contributed by atoms with Crippen LogP contribution in [0.5, 0.6) is 0 Å². The third kappa shape index (κ3) is 1.97. The first kappa shape index (κ1) is 11.2. The molecule has 0 saturated heterocycles. The summed E-state index contributed by atoms with van der Waals surface area (Å²) in [5.74, 6) is -0.817. The average Bonchev–Trinajstić information content (AvgIpc) is 2.55. The monoisotopic (exact) mass is 281 g/mol. The molecule has 2 aromatic rings. The normalized spacial score (nSPS) is 10.9. The quantitative estimate of drug-likeness (QED) is 0.940. The summed E-state index contributed by atoms with van der Waals surface area (Å²) in [6.45, 7) is 2.08. The van der Waals surface area contributed by atoms with E-state index in [-0.39, 0.29) is 6.54 Å². The van der Waals surface area contributed by atoms with Crippen molar-refractivity contribution < 1.29 is 9.90 Å². The third-order valence-corrected chi connectivity index (χ3v) is 3.11. The number of halogens is 1. The number of nitrogens with zero attached hydrogens (tertiary/aromatic N) is 1. The number of benzene rings is 1. The maximum atomic E-state index is 10.7. The zero-order valence-corrected chi connectivity index (χ0v) is 10.5. The van der Waals surface area contributed by atoms with Gasteiger partial charge in [0.15, 0.2) is 0 Å². The van der Waals surface area contributed by atoms with Crippen molar-refractivity contribution >= 4 is 32.8 Å². The highest BCUT2D eigenvalue weighted by Crippen LogP contribution is 2.25. The van der Waals surface area contributed by atoms with Crippen molar-refractivity contribution in [2.75, 3.05) is 0 Å². The van der Waals surface area contributed by atoms with Gasteiger partial charge in [0.1, 0.15) is 6.54 Å². The molecular weight excluding hydrogens is 270 g/mol. The predicted octanol–water partition coefficient (Wildman–Crippen LogP) is 3.05. The molecule has 0 spiro atoms. The fourth-order valence-corrected chi connectivity index (χ4v) is 2.26. The molecule has 3 nitrogen and oxygen atoms in total. The number of aryl methyl sites for hydroxylation is 1. The van der Waals surface area contributed by atoms with Gasteiger partial charge in [-0.05, 0) is 30.2 Å². The Kier molecular flexibility index (Phi) is 3.01. The molecule has 0 aliphatic heterocycles. The van der Waals surface area contributed by atoms with Crippen molar-refractivity contribution in [3.8, 4) is 0 Å². The fourth-order valence-electron chi connectivity index (χ4n) is 1.90. The Labute approximate surface area is 102 Å². The Morgan fingerprint density at radius 2 is 2.25 bits per heavy atom. The van der Waals surface area contributed by atoms with Gasteiger partial charge < -0.3 is 9.67 Å². The van der Waals surface area contributed by atoms with E-state index in [0.717, 1.165) is 21.8 Å². The summed E-state index contributed by atoms with van der Waals surface area (Å²) in [6, 6.07) is 5.91. The Balaban J connectivity index is 2.63. The molecule has 0 amide bonds. The lowest BCUT2D eigenvalue weighted by Crippen LogP contribution is -2.07. The molecule has 0 aliphatic rings. The van der Waals surface area contributed by atoms with Crippen LogP contribution in [-0.2, 0) is 17.8 Å². The molecule has 4 heteroatoms. The highest BCUT2D eigenvalue weighted by Gasteiger charge is 2.09. The molecule has 0 atom stereocenters. The van der Waals surface area contributed by atoms with Crippen LogP contribution in [0.25, 0.3) is 10.9 Å². The van der Waals surface area contributed by atoms with E-state index in [0.29, 0.717) is 0 Å². The number of hydrogen-bond donors (Lipinski definition) is 1. The Morgan fingerprint density at radius 3 is 2.88 bits per heavy atom. The molecule has 0 radical (unpaired) electrons. The van der Waals surface area contributed by atoms with E-state index in [1.54, 1.807) is 4.57 Å². The molecule has 1 aromatic carbocycles. The van der Waals surface area contributed by atoms with E-state index in [9.17, 15) is 4.79 Å². The second-order valence-electron chi connectivity index (χ2n) is 3.69. The molecule has 0 bridgehead atoms. The summed E-state index contributed by atoms with van der Waals surface area (Å²) in [6.07, 6.45) is 2.82. The zero-order valence-electron chi connectivity index (χ0n) is 8.90. The van der Waals surface area contributed by atoms with E-state index in [1.807, 2.05) is 24.4 Å². The van der Waals surface area contributed by atoms with Crippen molar-refractivity contribution in [2.24, 2.45) is 0 Å². The van der Waals surface area contributed by atoms with Gasteiger partial charge in [0, 0.05) is 21.6 Å². The second kappa shape index (κ2) is 4.29. The van der Waals surface area contributed by atoms with Gasteiger partial charge in [-0.1, -0.05) is 22.9 Å². The fraction of sp³-hybridized carbons (Fsp3) is 0.250. The minimum absolute atomic E-state index is 0.0120. The molecule has 16 heavy (non-hydrogen) atoms. The summed E-state index contributed by atoms with van der Waals surface area (Å²) in [4.78, 5) is 10.7. The lowest BCUT2D eigenvalue weighted by Gasteiger charge is -2.00. The maximum absolute atomic E-state index is 10.7. The van der Waals surface area contributed by atoms with Crippen LogP contribution < -0.4 is 0 Å². The van der Waals surface area contributed by atoms with E-state index in [2.05, 4.69) is 22.9 Å². The van der Waals surface area contributed by atoms with Crippen molar-refractivity contribution in [3.63, 3.8) is 0 Å². The molecule has 84 valence electrons. The molecule has 2 rings (SSSR count). The van der Waals surface area contributed by atoms with Crippen LogP contribution >= 0.6 is 15.9 Å². The molecule has 0 aliphatic carbocycles. The topological polar surface area (TPSA) is 42.2 Å². The van der Waals surface area contributed by atoms with E-state index >= 15 is 0 Å². The number of hydrogen-bond acceptors (Lipinski definition) is 1. The molecule has 1 N–H and O–H groups in total. The largest absolute Gasteiger partial charge is 0.480 e. The first-order valence-corrected chi connectivity index (χ1v) is 5.90. The van der Waals surface area contributed by atoms with Gasteiger partial charge in [0.05, 0.1) is 0 Å². The maximum Gasteiger partial charge on any atom is 0.323 e. The molecule has 0 fully saturated rings. The van der Waals surface area contributed by atoms with Crippen LogP contribution in [0.15, 0.2) is 28.9 Å². The summed E-state index contributed by atoms with van der Waals surface area (Å²) < 4.78 is 2.80. The SMILES string of the molecule is CCc1cn(CC(=O)O)c2ccc(Br)cc12. The van der Waals surface area contributed by atoms with Crippen LogP contribution in [0, 0.1) is 0 Å². The lowest BCUT2D eigenvalue weighted by molar-refractivity contribution is -0.137. The van der Waals surface area contributed by atoms with Gasteiger partial charge in [0.25, 0.3) is 0 Å². The van der Waals surface area contributed by atoms with Gasteiger partial charge in [0.2, 0.25) is 0 Å². The average molecular weight is 282 g/mol. The van der Waals surface area contributed by atoms with Crippen molar-refractivity contribution in [3.05, 3.63) is 34.4 Å². The third-order valence-electron chi connectivity index (χ3n) is 2.61. The smallest absolute Gasteiger partial charge is 0.323 e. The standard InChI is InChI=1S/C12H12BrNO2/c1-2-8-6-14(7-12(15)16)11-4-3-9(13)5-10(8)11/h3-6H,2,7H2,1H3,(H,15,16). The number of carboxylic acids is 1. The Morgan fingerprint density at radius 1 is 1.50 bits per heavy atom. The summed E-state index contributed by atoms with van der Waals surface area (Å²) >= 11 is 3.43. The van der Waals surface area contributed by atoms with Crippen LogP contribution in [0.4, 0.5) is 0 Å². The van der Waals surface area contributed by atoms with Gasteiger partial charge >= 0.3 is 5.97 Å². The van der Waals surface area contributed by atoms with E-state index in [1.165, 1.54) is 5.56 Å². The highest BCUT2D eigenvalue weighted by atomic mass is 79.9. The van der Waals surface area contributed by atoms with Crippen LogP contribution in [-0.4, -0.2) is 15.6 Å². The molecular formula is C12H12BrNO2. The number of rotatable bonds is 3. The van der Waals surface area contributed by atoms with Crippen molar-refractivity contribution in [1.82, 2.24) is 4.57 Å². The van der Waals surface area contributed by atoms with Crippen LogP contribution in [0.3, 0.4) is 0 Å². The molecule has 0 saturated carbocycles. The first-order valence-electron chi connectivity index (χ1n) is 5.11. The predicted molar refractivity (Wildman–Crippen MR) is 66.7 cm³/mol. The first-order chi connectivity index (χ1) is 7.61. The highest BCUT2D eigenvalue weighted by molar-refractivity contribution is 9.10. The molecule has 1 heterocycles.